The Morgan fingerprint density at radius 3 is 2.50 bits per heavy atom. The fraction of sp³-hybridized carbons (Fsp3) is 0.407. The van der Waals surface area contributed by atoms with Gasteiger partial charge in [0.2, 0.25) is 0 Å². The van der Waals surface area contributed by atoms with Gasteiger partial charge in [0.25, 0.3) is 5.91 Å². The third-order valence-electron chi connectivity index (χ3n) is 6.66. The number of hydrogen-bond acceptors (Lipinski definition) is 5. The minimum atomic E-state index is 0.0372. The van der Waals surface area contributed by atoms with Gasteiger partial charge in [-0.2, -0.15) is 0 Å². The highest BCUT2D eigenvalue weighted by atomic mass is 16.5. The van der Waals surface area contributed by atoms with E-state index in [0.717, 1.165) is 44.4 Å². The van der Waals surface area contributed by atoms with Gasteiger partial charge in [-0.05, 0) is 57.5 Å². The zero-order valence-corrected chi connectivity index (χ0v) is 20.4. The van der Waals surface area contributed by atoms with Crippen molar-refractivity contribution in [2.75, 3.05) is 26.8 Å². The van der Waals surface area contributed by atoms with Gasteiger partial charge in [-0.25, -0.2) is 0 Å². The number of morpholine rings is 1. The van der Waals surface area contributed by atoms with Crippen molar-refractivity contribution >= 4 is 27.7 Å². The molecular formula is C27H31N3O4. The van der Waals surface area contributed by atoms with E-state index in [-0.39, 0.29) is 18.1 Å². The maximum Gasteiger partial charge on any atom is 0.254 e. The van der Waals surface area contributed by atoms with Crippen LogP contribution in [0.3, 0.4) is 0 Å². The van der Waals surface area contributed by atoms with Crippen molar-refractivity contribution in [3.8, 4) is 11.1 Å². The molecule has 0 saturated carbocycles. The van der Waals surface area contributed by atoms with Crippen molar-refractivity contribution in [1.29, 1.82) is 0 Å². The molecule has 0 spiro atoms. The standard InChI is InChI=1S/C27H31N3O4/c1-16-14-29(15-17(2)33-16)27(31)21-7-9-24-23(12-21)22-8-6-20(26-18(3)28-34-19(26)4)13-25(22)30(24)10-11-32-5/h6-9,12-13,16-17H,10-11,14-15H2,1-5H3/t16-,17+. The normalized spacial score (nSPS) is 18.8. The Kier molecular flexibility index (Phi) is 5.91. The molecule has 2 atom stereocenters. The summed E-state index contributed by atoms with van der Waals surface area (Å²) in [7, 11) is 1.71. The minimum absolute atomic E-state index is 0.0372. The number of benzene rings is 2. The van der Waals surface area contributed by atoms with Crippen LogP contribution >= 0.6 is 0 Å². The molecule has 0 aliphatic carbocycles. The molecule has 0 unspecified atom stereocenters. The van der Waals surface area contributed by atoms with Crippen molar-refractivity contribution in [1.82, 2.24) is 14.6 Å². The lowest BCUT2D eigenvalue weighted by atomic mass is 10.0. The molecule has 2 aromatic carbocycles. The average Bonchev–Trinajstić information content (AvgIpc) is 3.31. The van der Waals surface area contributed by atoms with E-state index in [4.69, 9.17) is 14.0 Å². The summed E-state index contributed by atoms with van der Waals surface area (Å²) in [5, 5.41) is 6.30. The van der Waals surface area contributed by atoms with Gasteiger partial charge in [0.1, 0.15) is 5.76 Å². The van der Waals surface area contributed by atoms with E-state index in [1.165, 1.54) is 0 Å². The molecule has 7 nitrogen and oxygen atoms in total. The summed E-state index contributed by atoms with van der Waals surface area (Å²) in [4.78, 5) is 15.3. The number of amides is 1. The molecule has 1 aliphatic rings. The van der Waals surface area contributed by atoms with Crippen LogP contribution in [0.5, 0.6) is 0 Å². The molecular weight excluding hydrogens is 430 g/mol. The lowest BCUT2D eigenvalue weighted by Gasteiger charge is -2.35. The van der Waals surface area contributed by atoms with Crippen LogP contribution in [0.4, 0.5) is 0 Å². The molecule has 2 aromatic heterocycles. The van der Waals surface area contributed by atoms with Crippen LogP contribution in [-0.2, 0) is 16.0 Å². The van der Waals surface area contributed by atoms with E-state index in [1.54, 1.807) is 7.11 Å². The molecule has 7 heteroatoms. The summed E-state index contributed by atoms with van der Waals surface area (Å²) in [5.41, 5.74) is 5.85. The molecule has 0 radical (unpaired) electrons. The van der Waals surface area contributed by atoms with Gasteiger partial charge in [0.05, 0.1) is 24.5 Å². The number of aromatic nitrogens is 2. The third-order valence-corrected chi connectivity index (χ3v) is 6.66. The molecule has 0 bridgehead atoms. The molecule has 3 heterocycles. The summed E-state index contributed by atoms with van der Waals surface area (Å²) in [5.74, 6) is 0.854. The van der Waals surface area contributed by atoms with Gasteiger partial charge >= 0.3 is 0 Å². The SMILES string of the molecule is COCCn1c2ccc(C(=O)N3C[C@@H](C)O[C@@H](C)C3)cc2c2ccc(-c3c(C)noc3C)cc21. The number of nitrogens with zero attached hydrogens (tertiary/aromatic N) is 3. The predicted octanol–water partition coefficient (Wildman–Crippen LogP) is 4.96. The number of ether oxygens (including phenoxy) is 2. The lowest BCUT2D eigenvalue weighted by Crippen LogP contribution is -2.48. The fourth-order valence-electron chi connectivity index (χ4n) is 5.23. The molecule has 1 aliphatic heterocycles. The number of carbonyl (C=O) groups is 1. The first-order valence-corrected chi connectivity index (χ1v) is 11.8. The Hall–Kier alpha value is -3.16. The number of aryl methyl sites for hydroxylation is 2. The quantitative estimate of drug-likeness (QED) is 0.420. The van der Waals surface area contributed by atoms with Gasteiger partial charge in [-0.1, -0.05) is 17.3 Å². The molecule has 34 heavy (non-hydrogen) atoms. The highest BCUT2D eigenvalue weighted by Crippen LogP contribution is 2.35. The molecule has 4 aromatic rings. The van der Waals surface area contributed by atoms with Gasteiger partial charge in [-0.3, -0.25) is 4.79 Å². The highest BCUT2D eigenvalue weighted by Gasteiger charge is 2.27. The van der Waals surface area contributed by atoms with Gasteiger partial charge < -0.3 is 23.5 Å². The topological polar surface area (TPSA) is 69.7 Å². The highest BCUT2D eigenvalue weighted by molar-refractivity contribution is 6.11. The first kappa shape index (κ1) is 22.6. The second-order valence-electron chi connectivity index (χ2n) is 9.27. The Labute approximate surface area is 199 Å². The van der Waals surface area contributed by atoms with Crippen LogP contribution in [0.15, 0.2) is 40.9 Å². The monoisotopic (exact) mass is 461 g/mol. The van der Waals surface area contributed by atoms with E-state index >= 15 is 0 Å². The van der Waals surface area contributed by atoms with Crippen molar-refractivity contribution in [2.24, 2.45) is 0 Å². The lowest BCUT2D eigenvalue weighted by molar-refractivity contribution is -0.0586. The number of hydrogen-bond donors (Lipinski definition) is 0. The zero-order valence-electron chi connectivity index (χ0n) is 20.4. The summed E-state index contributed by atoms with van der Waals surface area (Å²) in [6, 6.07) is 12.5. The fourth-order valence-corrected chi connectivity index (χ4v) is 5.23. The Bertz CT molecular complexity index is 1340. The molecule has 0 N–H and O–H groups in total. The van der Waals surface area contributed by atoms with Crippen LogP contribution < -0.4 is 0 Å². The number of carbonyl (C=O) groups excluding carboxylic acids is 1. The average molecular weight is 462 g/mol. The van der Waals surface area contributed by atoms with Crippen LogP contribution in [0, 0.1) is 13.8 Å². The van der Waals surface area contributed by atoms with E-state index in [1.807, 2.05) is 44.7 Å². The van der Waals surface area contributed by atoms with E-state index in [2.05, 4.69) is 34.0 Å². The summed E-state index contributed by atoms with van der Waals surface area (Å²) >= 11 is 0. The molecule has 1 amide bonds. The third kappa shape index (κ3) is 3.89. The predicted molar refractivity (Wildman–Crippen MR) is 132 cm³/mol. The molecule has 178 valence electrons. The maximum atomic E-state index is 13.4. The Balaban J connectivity index is 1.62. The van der Waals surface area contributed by atoms with Crippen molar-refractivity contribution in [3.63, 3.8) is 0 Å². The summed E-state index contributed by atoms with van der Waals surface area (Å²) < 4.78 is 18.9. The van der Waals surface area contributed by atoms with Gasteiger partial charge in [-0.15, -0.1) is 0 Å². The zero-order chi connectivity index (χ0) is 24.0. The minimum Gasteiger partial charge on any atom is -0.383 e. The molecule has 1 fully saturated rings. The van der Waals surface area contributed by atoms with E-state index in [0.29, 0.717) is 31.8 Å². The van der Waals surface area contributed by atoms with E-state index in [9.17, 15) is 4.79 Å². The van der Waals surface area contributed by atoms with Crippen molar-refractivity contribution in [3.05, 3.63) is 53.4 Å². The smallest absolute Gasteiger partial charge is 0.254 e. The molecule has 5 rings (SSSR count). The maximum absolute atomic E-state index is 13.4. The Morgan fingerprint density at radius 2 is 1.82 bits per heavy atom. The van der Waals surface area contributed by atoms with Crippen LogP contribution in [0.2, 0.25) is 0 Å². The van der Waals surface area contributed by atoms with Gasteiger partial charge in [0, 0.05) is 59.7 Å². The van der Waals surface area contributed by atoms with Crippen LogP contribution in [-0.4, -0.2) is 59.5 Å². The number of fused-ring (bicyclic) bond motifs is 3. The van der Waals surface area contributed by atoms with Gasteiger partial charge in [0.15, 0.2) is 0 Å². The van der Waals surface area contributed by atoms with Crippen molar-refractivity contribution in [2.45, 2.75) is 46.4 Å². The molecule has 1 saturated heterocycles. The first-order chi connectivity index (χ1) is 16.4. The largest absolute Gasteiger partial charge is 0.383 e. The summed E-state index contributed by atoms with van der Waals surface area (Å²) in [6.07, 6.45) is 0.0743. The first-order valence-electron chi connectivity index (χ1n) is 11.8. The second-order valence-corrected chi connectivity index (χ2v) is 9.27. The summed E-state index contributed by atoms with van der Waals surface area (Å²) in [6.45, 7) is 10.5. The number of methoxy groups -OCH3 is 1. The van der Waals surface area contributed by atoms with Crippen molar-refractivity contribution < 1.29 is 18.8 Å². The second kappa shape index (κ2) is 8.89. The Morgan fingerprint density at radius 1 is 1.06 bits per heavy atom. The number of rotatable bonds is 5. The van der Waals surface area contributed by atoms with Crippen LogP contribution in [0.1, 0.15) is 35.7 Å². The van der Waals surface area contributed by atoms with E-state index < -0.39 is 0 Å². The van der Waals surface area contributed by atoms with Crippen LogP contribution in [0.25, 0.3) is 32.9 Å².